The third-order valence-electron chi connectivity index (χ3n) is 2.67. The van der Waals surface area contributed by atoms with Crippen molar-refractivity contribution in [3.8, 4) is 0 Å². The zero-order valence-electron chi connectivity index (χ0n) is 9.28. The van der Waals surface area contributed by atoms with Crippen molar-refractivity contribution < 1.29 is 4.74 Å². The van der Waals surface area contributed by atoms with Gasteiger partial charge in [0.2, 0.25) is 0 Å². The standard InChI is InChI=1S/C12H16ClNO.ClH/c1-9-7-14-12(8-15-9)6-10-2-4-11(13)5-3-10;/h2-5,9,12,14H,6-8H2,1H3;1H/t9-,12+;/m0./s1. The quantitative estimate of drug-likeness (QED) is 0.884. The lowest BCUT2D eigenvalue weighted by molar-refractivity contribution is 0.0155. The Kier molecular flexibility index (Phi) is 5.56. The fourth-order valence-electron chi connectivity index (χ4n) is 1.77. The maximum atomic E-state index is 5.83. The summed E-state index contributed by atoms with van der Waals surface area (Å²) < 4.78 is 5.60. The molecule has 90 valence electrons. The lowest BCUT2D eigenvalue weighted by Gasteiger charge is -2.28. The summed E-state index contributed by atoms with van der Waals surface area (Å²) in [5.41, 5.74) is 1.30. The topological polar surface area (TPSA) is 21.3 Å². The smallest absolute Gasteiger partial charge is 0.0672 e. The molecule has 0 radical (unpaired) electrons. The van der Waals surface area contributed by atoms with E-state index in [-0.39, 0.29) is 12.4 Å². The van der Waals surface area contributed by atoms with Gasteiger partial charge in [-0.3, -0.25) is 0 Å². The lowest BCUT2D eigenvalue weighted by atomic mass is 10.1. The molecule has 2 rings (SSSR count). The number of benzene rings is 1. The SMILES string of the molecule is C[C@H]1CN[C@H](Cc2ccc(Cl)cc2)CO1.Cl. The van der Waals surface area contributed by atoms with Gasteiger partial charge in [-0.05, 0) is 31.0 Å². The van der Waals surface area contributed by atoms with Gasteiger partial charge in [0, 0.05) is 17.6 Å². The highest BCUT2D eigenvalue weighted by Crippen LogP contribution is 2.12. The van der Waals surface area contributed by atoms with Crippen molar-refractivity contribution in [1.82, 2.24) is 5.32 Å². The normalized spacial score (nSPS) is 24.9. The fraction of sp³-hybridized carbons (Fsp3) is 0.500. The van der Waals surface area contributed by atoms with Gasteiger partial charge < -0.3 is 10.1 Å². The molecule has 0 aliphatic carbocycles. The molecular formula is C12H17Cl2NO. The summed E-state index contributed by atoms with van der Waals surface area (Å²) in [4.78, 5) is 0. The van der Waals surface area contributed by atoms with Gasteiger partial charge in [-0.2, -0.15) is 0 Å². The molecule has 1 aromatic rings. The summed E-state index contributed by atoms with van der Waals surface area (Å²) >= 11 is 5.83. The number of hydrogen-bond donors (Lipinski definition) is 1. The van der Waals surface area contributed by atoms with Gasteiger partial charge in [0.1, 0.15) is 0 Å². The Balaban J connectivity index is 0.00000128. The monoisotopic (exact) mass is 261 g/mol. The molecule has 0 bridgehead atoms. The first kappa shape index (κ1) is 13.8. The van der Waals surface area contributed by atoms with E-state index in [1.54, 1.807) is 0 Å². The second kappa shape index (κ2) is 6.45. The van der Waals surface area contributed by atoms with Crippen LogP contribution in [0.15, 0.2) is 24.3 Å². The Morgan fingerprint density at radius 3 is 2.62 bits per heavy atom. The Morgan fingerprint density at radius 1 is 1.38 bits per heavy atom. The molecule has 1 N–H and O–H groups in total. The van der Waals surface area contributed by atoms with Crippen LogP contribution in [0, 0.1) is 0 Å². The molecule has 0 unspecified atom stereocenters. The van der Waals surface area contributed by atoms with Crippen LogP contribution < -0.4 is 5.32 Å². The summed E-state index contributed by atoms with van der Waals surface area (Å²) in [5, 5.41) is 4.27. The van der Waals surface area contributed by atoms with Gasteiger partial charge in [-0.15, -0.1) is 12.4 Å². The predicted molar refractivity (Wildman–Crippen MR) is 69.6 cm³/mol. The van der Waals surface area contributed by atoms with E-state index in [1.165, 1.54) is 5.56 Å². The van der Waals surface area contributed by atoms with Crippen molar-refractivity contribution in [2.75, 3.05) is 13.2 Å². The summed E-state index contributed by atoms with van der Waals surface area (Å²) in [6.45, 7) is 3.83. The Hall–Kier alpha value is -0.280. The highest BCUT2D eigenvalue weighted by atomic mass is 35.5. The molecular weight excluding hydrogens is 245 g/mol. The highest BCUT2D eigenvalue weighted by Gasteiger charge is 2.17. The van der Waals surface area contributed by atoms with Gasteiger partial charge in [-0.1, -0.05) is 23.7 Å². The Labute approximate surface area is 108 Å². The third kappa shape index (κ3) is 3.95. The summed E-state index contributed by atoms with van der Waals surface area (Å²) in [5.74, 6) is 0. The first-order chi connectivity index (χ1) is 7.24. The molecule has 2 nitrogen and oxygen atoms in total. The van der Waals surface area contributed by atoms with Crippen LogP contribution in [0.25, 0.3) is 0 Å². The molecule has 0 saturated carbocycles. The van der Waals surface area contributed by atoms with Crippen LogP contribution >= 0.6 is 24.0 Å². The molecule has 1 fully saturated rings. The fourth-order valence-corrected chi connectivity index (χ4v) is 1.89. The Morgan fingerprint density at radius 2 is 2.06 bits per heavy atom. The van der Waals surface area contributed by atoms with Crippen molar-refractivity contribution in [3.63, 3.8) is 0 Å². The van der Waals surface area contributed by atoms with Gasteiger partial charge in [0.25, 0.3) is 0 Å². The minimum absolute atomic E-state index is 0. The van der Waals surface area contributed by atoms with Crippen LogP contribution in [-0.2, 0) is 11.2 Å². The minimum Gasteiger partial charge on any atom is -0.376 e. The lowest BCUT2D eigenvalue weighted by Crippen LogP contribution is -2.46. The van der Waals surface area contributed by atoms with E-state index < -0.39 is 0 Å². The van der Waals surface area contributed by atoms with Crippen molar-refractivity contribution in [2.24, 2.45) is 0 Å². The Bertz CT molecular complexity index is 307. The van der Waals surface area contributed by atoms with Crippen molar-refractivity contribution in [2.45, 2.75) is 25.5 Å². The van der Waals surface area contributed by atoms with Crippen molar-refractivity contribution in [1.29, 1.82) is 0 Å². The first-order valence-electron chi connectivity index (χ1n) is 5.33. The third-order valence-corrected chi connectivity index (χ3v) is 2.92. The molecule has 2 atom stereocenters. The number of halogens is 2. The number of morpholine rings is 1. The van der Waals surface area contributed by atoms with Gasteiger partial charge in [0.15, 0.2) is 0 Å². The second-order valence-corrected chi connectivity index (χ2v) is 4.52. The minimum atomic E-state index is 0. The maximum Gasteiger partial charge on any atom is 0.0672 e. The number of hydrogen-bond acceptors (Lipinski definition) is 2. The van der Waals surface area contributed by atoms with Gasteiger partial charge >= 0.3 is 0 Å². The van der Waals surface area contributed by atoms with Crippen LogP contribution in [0.4, 0.5) is 0 Å². The number of ether oxygens (including phenoxy) is 1. The van der Waals surface area contributed by atoms with Crippen LogP contribution in [0.2, 0.25) is 5.02 Å². The van der Waals surface area contributed by atoms with E-state index in [9.17, 15) is 0 Å². The average Bonchev–Trinajstić information content (AvgIpc) is 2.25. The molecule has 0 spiro atoms. The van der Waals surface area contributed by atoms with Crippen LogP contribution in [0.3, 0.4) is 0 Å². The van der Waals surface area contributed by atoms with E-state index in [4.69, 9.17) is 16.3 Å². The molecule has 16 heavy (non-hydrogen) atoms. The first-order valence-corrected chi connectivity index (χ1v) is 5.71. The summed E-state index contributed by atoms with van der Waals surface area (Å²) in [6, 6.07) is 8.44. The second-order valence-electron chi connectivity index (χ2n) is 4.08. The largest absolute Gasteiger partial charge is 0.376 e. The molecule has 1 aromatic carbocycles. The molecule has 0 aromatic heterocycles. The van der Waals surface area contributed by atoms with E-state index in [1.807, 2.05) is 12.1 Å². The average molecular weight is 262 g/mol. The highest BCUT2D eigenvalue weighted by molar-refractivity contribution is 6.30. The van der Waals surface area contributed by atoms with Crippen LogP contribution in [0.1, 0.15) is 12.5 Å². The molecule has 4 heteroatoms. The zero-order valence-corrected chi connectivity index (χ0v) is 10.9. The maximum absolute atomic E-state index is 5.83. The van der Waals surface area contributed by atoms with Gasteiger partial charge in [0.05, 0.1) is 12.7 Å². The molecule has 1 aliphatic rings. The van der Waals surface area contributed by atoms with E-state index in [0.717, 1.165) is 24.6 Å². The van der Waals surface area contributed by atoms with Crippen molar-refractivity contribution >= 4 is 24.0 Å². The number of nitrogens with one attached hydrogen (secondary N) is 1. The molecule has 0 amide bonds. The number of rotatable bonds is 2. The zero-order chi connectivity index (χ0) is 10.7. The van der Waals surface area contributed by atoms with E-state index in [2.05, 4.69) is 24.4 Å². The summed E-state index contributed by atoms with van der Waals surface area (Å²) in [7, 11) is 0. The molecule has 1 saturated heterocycles. The van der Waals surface area contributed by atoms with Crippen molar-refractivity contribution in [3.05, 3.63) is 34.9 Å². The van der Waals surface area contributed by atoms with E-state index in [0.29, 0.717) is 12.1 Å². The van der Waals surface area contributed by atoms with Gasteiger partial charge in [-0.25, -0.2) is 0 Å². The van der Waals surface area contributed by atoms with Crippen LogP contribution in [0.5, 0.6) is 0 Å². The summed E-state index contributed by atoms with van der Waals surface area (Å²) in [6.07, 6.45) is 1.34. The molecule has 1 aliphatic heterocycles. The predicted octanol–water partition coefficient (Wildman–Crippen LogP) is 2.68. The van der Waals surface area contributed by atoms with E-state index >= 15 is 0 Å². The molecule has 1 heterocycles. The van der Waals surface area contributed by atoms with Crippen LogP contribution in [-0.4, -0.2) is 25.3 Å².